The maximum Gasteiger partial charge on any atom is 0.240 e. The molecule has 0 unspecified atom stereocenters. The van der Waals surface area contributed by atoms with Crippen molar-refractivity contribution in [3.05, 3.63) is 54.1 Å². The third-order valence-electron chi connectivity index (χ3n) is 4.35. The van der Waals surface area contributed by atoms with Crippen LogP contribution in [0.25, 0.3) is 0 Å². The van der Waals surface area contributed by atoms with Crippen molar-refractivity contribution in [1.82, 2.24) is 5.32 Å². The first kappa shape index (κ1) is 16.0. The fraction of sp³-hybridized carbons (Fsp3) is 0.263. The number of anilines is 1. The molecule has 2 aliphatic rings. The standard InChI is InChI=1S/C19H18N2O3S/c22-18(20-10-14-9-13-5-1-3-7-16(13)24-14)11-21-15-6-2-4-8-17(15)25-12-19(21)23/h1-8,14H,9-12H2,(H,20,22)/t14-/m0/s1. The number of rotatable bonds is 4. The molecule has 2 aliphatic heterocycles. The van der Waals surface area contributed by atoms with Crippen molar-refractivity contribution in [3.63, 3.8) is 0 Å². The summed E-state index contributed by atoms with van der Waals surface area (Å²) in [5.41, 5.74) is 1.97. The zero-order valence-corrected chi connectivity index (χ0v) is 14.4. The van der Waals surface area contributed by atoms with Crippen molar-refractivity contribution in [1.29, 1.82) is 0 Å². The lowest BCUT2D eigenvalue weighted by atomic mass is 10.1. The van der Waals surface area contributed by atoms with Crippen molar-refractivity contribution in [2.75, 3.05) is 23.7 Å². The van der Waals surface area contributed by atoms with Crippen LogP contribution in [0.5, 0.6) is 5.75 Å². The SMILES string of the molecule is O=C(CN1C(=O)CSc2ccccc21)NC[C@@H]1Cc2ccccc2O1. The summed E-state index contributed by atoms with van der Waals surface area (Å²) >= 11 is 1.51. The average molecular weight is 354 g/mol. The van der Waals surface area contributed by atoms with Gasteiger partial charge in [-0.1, -0.05) is 30.3 Å². The first-order chi connectivity index (χ1) is 12.2. The number of hydrogen-bond donors (Lipinski definition) is 1. The molecule has 2 heterocycles. The van der Waals surface area contributed by atoms with E-state index in [0.717, 1.165) is 22.8 Å². The predicted molar refractivity (Wildman–Crippen MR) is 97.1 cm³/mol. The zero-order valence-electron chi connectivity index (χ0n) is 13.6. The lowest BCUT2D eigenvalue weighted by Gasteiger charge is -2.28. The van der Waals surface area contributed by atoms with Crippen LogP contribution in [0.1, 0.15) is 5.56 Å². The van der Waals surface area contributed by atoms with E-state index in [1.165, 1.54) is 17.3 Å². The molecule has 2 aromatic carbocycles. The van der Waals surface area contributed by atoms with E-state index >= 15 is 0 Å². The van der Waals surface area contributed by atoms with Crippen LogP contribution in [-0.4, -0.2) is 36.8 Å². The Morgan fingerprint density at radius 1 is 1.20 bits per heavy atom. The second-order valence-electron chi connectivity index (χ2n) is 6.09. The van der Waals surface area contributed by atoms with Gasteiger partial charge in [-0.2, -0.15) is 0 Å². The highest BCUT2D eigenvalue weighted by Crippen LogP contribution is 2.34. The van der Waals surface area contributed by atoms with E-state index in [1.54, 1.807) is 4.90 Å². The molecule has 5 nitrogen and oxygen atoms in total. The summed E-state index contributed by atoms with van der Waals surface area (Å²) in [5, 5.41) is 2.89. The van der Waals surface area contributed by atoms with Gasteiger partial charge < -0.3 is 15.0 Å². The third kappa shape index (κ3) is 3.35. The van der Waals surface area contributed by atoms with Crippen molar-refractivity contribution in [3.8, 4) is 5.75 Å². The van der Waals surface area contributed by atoms with Gasteiger partial charge in [0.1, 0.15) is 18.4 Å². The lowest BCUT2D eigenvalue weighted by molar-refractivity contribution is -0.123. The number of amides is 2. The molecule has 4 rings (SSSR count). The highest BCUT2D eigenvalue weighted by Gasteiger charge is 2.27. The Balaban J connectivity index is 1.35. The molecule has 2 aromatic rings. The Kier molecular flexibility index (Phi) is 4.36. The Hall–Kier alpha value is -2.47. The summed E-state index contributed by atoms with van der Waals surface area (Å²) in [6.07, 6.45) is 0.736. The minimum atomic E-state index is -0.172. The van der Waals surface area contributed by atoms with Gasteiger partial charge in [0.15, 0.2) is 0 Å². The van der Waals surface area contributed by atoms with Crippen molar-refractivity contribution in [2.45, 2.75) is 17.4 Å². The Morgan fingerprint density at radius 3 is 2.88 bits per heavy atom. The summed E-state index contributed by atoms with van der Waals surface area (Å²) < 4.78 is 5.83. The molecule has 0 aromatic heterocycles. The van der Waals surface area contributed by atoms with Crippen LogP contribution < -0.4 is 15.0 Å². The number of carbonyl (C=O) groups excluding carboxylic acids is 2. The van der Waals surface area contributed by atoms with E-state index in [9.17, 15) is 9.59 Å². The third-order valence-corrected chi connectivity index (χ3v) is 5.40. The van der Waals surface area contributed by atoms with Crippen molar-refractivity contribution < 1.29 is 14.3 Å². The summed E-state index contributed by atoms with van der Waals surface area (Å²) in [7, 11) is 0. The van der Waals surface area contributed by atoms with E-state index in [-0.39, 0.29) is 24.5 Å². The Morgan fingerprint density at radius 2 is 2.00 bits per heavy atom. The van der Waals surface area contributed by atoms with Gasteiger partial charge in [0.05, 0.1) is 18.0 Å². The molecule has 0 bridgehead atoms. The quantitative estimate of drug-likeness (QED) is 0.915. The fourth-order valence-electron chi connectivity index (χ4n) is 3.12. The maximum atomic E-state index is 12.3. The molecular formula is C19H18N2O3S. The molecule has 128 valence electrons. The van der Waals surface area contributed by atoms with Gasteiger partial charge in [-0.05, 0) is 23.8 Å². The van der Waals surface area contributed by atoms with Crippen LogP contribution in [0.15, 0.2) is 53.4 Å². The van der Waals surface area contributed by atoms with Crippen molar-refractivity contribution in [2.24, 2.45) is 0 Å². The van der Waals surface area contributed by atoms with Gasteiger partial charge in [-0.15, -0.1) is 11.8 Å². The topological polar surface area (TPSA) is 58.6 Å². The molecule has 0 radical (unpaired) electrons. The smallest absolute Gasteiger partial charge is 0.240 e. The van der Waals surface area contributed by atoms with Gasteiger partial charge in [0, 0.05) is 11.3 Å². The number of hydrogen-bond acceptors (Lipinski definition) is 4. The molecule has 6 heteroatoms. The molecule has 1 N–H and O–H groups in total. The van der Waals surface area contributed by atoms with E-state index in [1.807, 2.05) is 48.5 Å². The summed E-state index contributed by atoms with van der Waals surface area (Å²) in [6, 6.07) is 15.6. The Bertz CT molecular complexity index is 799. The number of ether oxygens (including phenoxy) is 1. The lowest BCUT2D eigenvalue weighted by Crippen LogP contribution is -2.45. The number of para-hydroxylation sites is 2. The van der Waals surface area contributed by atoms with Crippen molar-refractivity contribution >= 4 is 29.3 Å². The van der Waals surface area contributed by atoms with Gasteiger partial charge in [-0.25, -0.2) is 0 Å². The zero-order chi connectivity index (χ0) is 17.2. The molecule has 0 fully saturated rings. The summed E-state index contributed by atoms with van der Waals surface area (Å²) in [4.78, 5) is 27.1. The van der Waals surface area contributed by atoms with Gasteiger partial charge in [0.25, 0.3) is 0 Å². The van der Waals surface area contributed by atoms with E-state index in [4.69, 9.17) is 4.74 Å². The minimum Gasteiger partial charge on any atom is -0.488 e. The highest BCUT2D eigenvalue weighted by atomic mass is 32.2. The van der Waals surface area contributed by atoms with Gasteiger partial charge in [-0.3, -0.25) is 9.59 Å². The van der Waals surface area contributed by atoms with E-state index in [2.05, 4.69) is 5.32 Å². The van der Waals surface area contributed by atoms with Crippen LogP contribution in [-0.2, 0) is 16.0 Å². The van der Waals surface area contributed by atoms with Gasteiger partial charge >= 0.3 is 0 Å². The molecular weight excluding hydrogens is 336 g/mol. The number of nitrogens with zero attached hydrogens (tertiary/aromatic N) is 1. The van der Waals surface area contributed by atoms with Crippen LogP contribution in [0.4, 0.5) is 5.69 Å². The molecule has 25 heavy (non-hydrogen) atoms. The first-order valence-corrected chi connectivity index (χ1v) is 9.23. The molecule has 0 spiro atoms. The van der Waals surface area contributed by atoms with E-state index < -0.39 is 0 Å². The normalized spacial score (nSPS) is 18.3. The number of fused-ring (bicyclic) bond motifs is 2. The van der Waals surface area contributed by atoms with Crippen LogP contribution in [0.3, 0.4) is 0 Å². The van der Waals surface area contributed by atoms with Crippen LogP contribution in [0, 0.1) is 0 Å². The number of benzene rings is 2. The molecule has 1 atom stereocenters. The summed E-state index contributed by atoms with van der Waals surface area (Å²) in [6.45, 7) is 0.474. The molecule has 0 saturated carbocycles. The average Bonchev–Trinajstić information content (AvgIpc) is 3.05. The first-order valence-electron chi connectivity index (χ1n) is 8.24. The highest BCUT2D eigenvalue weighted by molar-refractivity contribution is 8.00. The molecule has 0 aliphatic carbocycles. The number of thioether (sulfide) groups is 1. The fourth-order valence-corrected chi connectivity index (χ4v) is 4.06. The Labute approximate surface area is 150 Å². The monoisotopic (exact) mass is 354 g/mol. The molecule has 0 saturated heterocycles. The largest absolute Gasteiger partial charge is 0.488 e. The summed E-state index contributed by atoms with van der Waals surface area (Å²) in [5.74, 6) is 1.04. The van der Waals surface area contributed by atoms with Crippen LogP contribution in [0.2, 0.25) is 0 Å². The number of nitrogens with one attached hydrogen (secondary N) is 1. The molecule has 2 amide bonds. The van der Waals surface area contributed by atoms with E-state index in [0.29, 0.717) is 12.3 Å². The second-order valence-corrected chi connectivity index (χ2v) is 7.11. The minimum absolute atomic E-state index is 0.0378. The predicted octanol–water partition coefficient (Wildman–Crippen LogP) is 2.25. The van der Waals surface area contributed by atoms with Crippen LogP contribution >= 0.6 is 11.8 Å². The maximum absolute atomic E-state index is 12.3. The van der Waals surface area contributed by atoms with Gasteiger partial charge in [0.2, 0.25) is 11.8 Å². The number of carbonyl (C=O) groups is 2. The second kappa shape index (κ2) is 6.80.